The van der Waals surface area contributed by atoms with Gasteiger partial charge >= 0.3 is 29.6 Å². The number of halogens is 1. The molecule has 0 aliphatic heterocycles. The van der Waals surface area contributed by atoms with Crippen molar-refractivity contribution in [2.45, 2.75) is 6.92 Å². The van der Waals surface area contributed by atoms with E-state index in [9.17, 15) is 0 Å². The summed E-state index contributed by atoms with van der Waals surface area (Å²) in [5.41, 5.74) is 0. The molecule has 0 aromatic heterocycles. The summed E-state index contributed by atoms with van der Waals surface area (Å²) in [5, 5.41) is 8.17. The van der Waals surface area contributed by atoms with E-state index in [1.807, 2.05) is 19.1 Å². The first kappa shape index (κ1) is 16.2. The largest absolute Gasteiger partial charge is 1.00 e. The Labute approximate surface area is 77.1 Å². The molecule has 9 heavy (non-hydrogen) atoms. The van der Waals surface area contributed by atoms with E-state index in [1.165, 1.54) is 0 Å². The predicted octanol–water partition coefficient (Wildman–Crippen LogP) is -4.88. The maximum absolute atomic E-state index is 8.17. The van der Waals surface area contributed by atoms with Gasteiger partial charge in [-0.1, -0.05) is 24.3 Å². The van der Waals surface area contributed by atoms with Crippen LogP contribution in [-0.4, -0.2) is 11.7 Å². The van der Waals surface area contributed by atoms with Crippen LogP contribution >= 0.6 is 0 Å². The molecule has 0 spiro atoms. The molecule has 0 saturated carbocycles. The molecule has 3 heteroatoms. The second-order valence-electron chi connectivity index (χ2n) is 1.14. The van der Waals surface area contributed by atoms with Crippen LogP contribution in [0.25, 0.3) is 0 Å². The SMILES string of the molecule is C/C=C/C=C/CO.[F-].[Na+]. The average molecular weight is 140 g/mol. The standard InChI is InChI=1S/C6H10O.FH.Na/c1-2-3-4-5-6-7;;/h2-5,7H,6H2,1H3;1H;/q;;+1/p-1/b3-2+,5-4+;;. The van der Waals surface area contributed by atoms with Crippen LogP contribution in [0.1, 0.15) is 6.92 Å². The second kappa shape index (κ2) is 15.8. The molecule has 48 valence electrons. The topological polar surface area (TPSA) is 20.2 Å². The zero-order valence-electron chi connectivity index (χ0n) is 5.84. The van der Waals surface area contributed by atoms with Crippen molar-refractivity contribution in [1.29, 1.82) is 0 Å². The Morgan fingerprint density at radius 2 is 1.89 bits per heavy atom. The maximum atomic E-state index is 8.17. The fourth-order valence-corrected chi connectivity index (χ4v) is 0.251. The zero-order chi connectivity index (χ0) is 5.54. The molecule has 0 aromatic rings. The molecule has 0 rings (SSSR count). The van der Waals surface area contributed by atoms with Gasteiger partial charge in [0.15, 0.2) is 0 Å². The fourth-order valence-electron chi connectivity index (χ4n) is 0.251. The number of hydrogen-bond acceptors (Lipinski definition) is 1. The molecule has 0 atom stereocenters. The Balaban J connectivity index is -0.000000180. The molecule has 0 bridgehead atoms. The molecule has 0 aliphatic rings. The Kier molecular flexibility index (Phi) is 28.3. The van der Waals surface area contributed by atoms with Crippen molar-refractivity contribution in [2.24, 2.45) is 0 Å². The van der Waals surface area contributed by atoms with Gasteiger partial charge in [-0.05, 0) is 6.92 Å². The summed E-state index contributed by atoms with van der Waals surface area (Å²) in [4.78, 5) is 0. The molecule has 0 heterocycles. The van der Waals surface area contributed by atoms with Crippen molar-refractivity contribution in [3.8, 4) is 0 Å². The van der Waals surface area contributed by atoms with Gasteiger partial charge in [-0.15, -0.1) is 0 Å². The first-order valence-corrected chi connectivity index (χ1v) is 2.30. The quantitative estimate of drug-likeness (QED) is 0.301. The molecule has 0 aliphatic carbocycles. The van der Waals surface area contributed by atoms with E-state index in [0.717, 1.165) is 0 Å². The predicted molar refractivity (Wildman–Crippen MR) is 31.0 cm³/mol. The maximum Gasteiger partial charge on any atom is 1.00 e. The molecule has 1 N–H and O–H groups in total. The van der Waals surface area contributed by atoms with E-state index in [1.54, 1.807) is 12.2 Å². The van der Waals surface area contributed by atoms with Gasteiger partial charge in [0.2, 0.25) is 0 Å². The minimum absolute atomic E-state index is 0. The Hall–Kier alpha value is 0.370. The van der Waals surface area contributed by atoms with E-state index >= 15 is 0 Å². The first-order chi connectivity index (χ1) is 3.41. The van der Waals surface area contributed by atoms with Gasteiger partial charge in [0.05, 0.1) is 6.61 Å². The van der Waals surface area contributed by atoms with Crippen molar-refractivity contribution in [3.05, 3.63) is 24.3 Å². The summed E-state index contributed by atoms with van der Waals surface area (Å²) < 4.78 is 0. The number of allylic oxidation sites excluding steroid dienone is 3. The van der Waals surface area contributed by atoms with Crippen LogP contribution in [0.3, 0.4) is 0 Å². The van der Waals surface area contributed by atoms with Crippen LogP contribution in [0.5, 0.6) is 0 Å². The second-order valence-corrected chi connectivity index (χ2v) is 1.14. The zero-order valence-corrected chi connectivity index (χ0v) is 7.84. The number of aliphatic hydroxyl groups excluding tert-OH is 1. The van der Waals surface area contributed by atoms with Crippen LogP contribution in [0.15, 0.2) is 24.3 Å². The van der Waals surface area contributed by atoms with E-state index in [-0.39, 0.29) is 40.9 Å². The average Bonchev–Trinajstić information content (AvgIpc) is 1.69. The van der Waals surface area contributed by atoms with Crippen LogP contribution in [0.2, 0.25) is 0 Å². The van der Waals surface area contributed by atoms with Crippen molar-refractivity contribution >= 4 is 0 Å². The molecule has 1 nitrogen and oxygen atoms in total. The summed E-state index contributed by atoms with van der Waals surface area (Å²) in [7, 11) is 0. The number of rotatable bonds is 2. The van der Waals surface area contributed by atoms with Crippen LogP contribution in [0, 0.1) is 0 Å². The summed E-state index contributed by atoms with van der Waals surface area (Å²) in [6, 6.07) is 0. The number of aliphatic hydroxyl groups is 1. The van der Waals surface area contributed by atoms with E-state index < -0.39 is 0 Å². The third-order valence-corrected chi connectivity index (χ3v) is 0.545. The van der Waals surface area contributed by atoms with E-state index in [4.69, 9.17) is 5.11 Å². The van der Waals surface area contributed by atoms with Gasteiger partial charge in [0.25, 0.3) is 0 Å². The number of hydrogen-bond donors (Lipinski definition) is 1. The van der Waals surface area contributed by atoms with Crippen LogP contribution in [0.4, 0.5) is 0 Å². The van der Waals surface area contributed by atoms with E-state index in [0.29, 0.717) is 0 Å². The normalized spacial score (nSPS) is 9.11. The Morgan fingerprint density at radius 3 is 2.22 bits per heavy atom. The summed E-state index contributed by atoms with van der Waals surface area (Å²) >= 11 is 0. The Morgan fingerprint density at radius 1 is 1.33 bits per heavy atom. The smallest absolute Gasteiger partial charge is 1.00 e. The molecular formula is C6H10FNaO. The first-order valence-electron chi connectivity index (χ1n) is 2.30. The van der Waals surface area contributed by atoms with Gasteiger partial charge in [-0.3, -0.25) is 0 Å². The van der Waals surface area contributed by atoms with Crippen molar-refractivity contribution in [1.82, 2.24) is 0 Å². The van der Waals surface area contributed by atoms with Gasteiger partial charge < -0.3 is 9.81 Å². The molecule has 0 amide bonds. The summed E-state index contributed by atoms with van der Waals surface area (Å²) in [6.45, 7) is 2.06. The summed E-state index contributed by atoms with van der Waals surface area (Å²) in [6.07, 6.45) is 7.27. The van der Waals surface area contributed by atoms with Gasteiger partial charge in [0.1, 0.15) is 0 Å². The molecule has 0 aromatic carbocycles. The molecule has 0 fully saturated rings. The fraction of sp³-hybridized carbons (Fsp3) is 0.333. The van der Waals surface area contributed by atoms with Crippen molar-refractivity contribution in [2.75, 3.05) is 6.61 Å². The molecule has 0 saturated heterocycles. The molecular weight excluding hydrogens is 130 g/mol. The molecule has 0 radical (unpaired) electrons. The minimum atomic E-state index is 0. The minimum Gasteiger partial charge on any atom is -1.00 e. The van der Waals surface area contributed by atoms with Gasteiger partial charge in [-0.25, -0.2) is 0 Å². The van der Waals surface area contributed by atoms with Gasteiger partial charge in [0, 0.05) is 0 Å². The van der Waals surface area contributed by atoms with Crippen LogP contribution in [-0.2, 0) is 0 Å². The summed E-state index contributed by atoms with van der Waals surface area (Å²) in [5.74, 6) is 0. The van der Waals surface area contributed by atoms with Crippen molar-refractivity contribution < 1.29 is 39.4 Å². The van der Waals surface area contributed by atoms with Crippen LogP contribution < -0.4 is 34.3 Å². The molecule has 0 unspecified atom stereocenters. The van der Waals surface area contributed by atoms with Gasteiger partial charge in [-0.2, -0.15) is 0 Å². The monoisotopic (exact) mass is 140 g/mol. The van der Waals surface area contributed by atoms with Crippen molar-refractivity contribution in [3.63, 3.8) is 0 Å². The third kappa shape index (κ3) is 17.8. The Bertz CT molecular complexity index is 81.1. The van der Waals surface area contributed by atoms with E-state index in [2.05, 4.69) is 0 Å². The third-order valence-electron chi connectivity index (χ3n) is 0.545.